The van der Waals surface area contributed by atoms with Crippen LogP contribution in [-0.2, 0) is 62.5 Å². The normalized spacial score (nSPS) is 33.0. The van der Waals surface area contributed by atoms with Crippen LogP contribution in [0.25, 0.3) is 44.3 Å². The van der Waals surface area contributed by atoms with Gasteiger partial charge in [0.2, 0.25) is 0 Å². The van der Waals surface area contributed by atoms with Crippen molar-refractivity contribution in [2.24, 2.45) is 92.7 Å². The molecule has 8 unspecified atom stereocenters. The molecule has 8 aliphatic carbocycles. The number of hydrogen-bond acceptors (Lipinski definition) is 14. The van der Waals surface area contributed by atoms with Crippen LogP contribution in [0.4, 0.5) is 4.79 Å². The molecule has 0 spiro atoms. The van der Waals surface area contributed by atoms with Crippen molar-refractivity contribution in [3.05, 3.63) is 48.8 Å². The highest BCUT2D eigenvalue weighted by atomic mass is 79.9. The average Bonchev–Trinajstić information content (AvgIpc) is 1.55. The van der Waals surface area contributed by atoms with Gasteiger partial charge in [0.15, 0.2) is 0 Å². The van der Waals surface area contributed by atoms with E-state index in [1.165, 1.54) is 77.0 Å². The maximum atomic E-state index is 13.8. The zero-order chi connectivity index (χ0) is 69.8. The fraction of sp³-hybridized carbons (Fsp3) is 0.734. The van der Waals surface area contributed by atoms with Gasteiger partial charge < -0.3 is 33.6 Å². The molecule has 1 amide bonds. The third-order valence-electron chi connectivity index (χ3n) is 27.8. The van der Waals surface area contributed by atoms with Crippen molar-refractivity contribution in [2.45, 2.75) is 241 Å². The molecule has 0 bridgehead atoms. The number of halogens is 2. The quantitative estimate of drug-likeness (QED) is 0.0279. The lowest BCUT2D eigenvalue weighted by Gasteiger charge is -2.61. The number of alkyl carbamates (subject to hydrolysis) is 1. The van der Waals surface area contributed by atoms with Crippen LogP contribution < -0.4 is 5.32 Å². The maximum absolute atomic E-state index is 13.8. The van der Waals surface area contributed by atoms with Crippen LogP contribution >= 0.6 is 31.9 Å². The number of benzene rings is 2. The average molecular weight is 1490 g/mol. The van der Waals surface area contributed by atoms with Crippen LogP contribution in [0.5, 0.6) is 0 Å². The fourth-order valence-electron chi connectivity index (χ4n) is 23.2. The monoisotopic (exact) mass is 1490 g/mol. The van der Waals surface area contributed by atoms with E-state index >= 15 is 0 Å². The van der Waals surface area contributed by atoms with Crippen LogP contribution in [-0.4, -0.2) is 113 Å². The zero-order valence-electron chi connectivity index (χ0n) is 60.4. The van der Waals surface area contributed by atoms with E-state index in [1.807, 2.05) is 45.3 Å². The highest BCUT2D eigenvalue weighted by Crippen LogP contribution is 2.70. The summed E-state index contributed by atoms with van der Waals surface area (Å²) in [6, 6.07) is 12.4. The standard InChI is InChI=1S/C79H110Br2N8O10/c1-48(12-10-36-95-70(90)42-80)60-22-24-62-58-20-16-52-40-54(26-30-76(52,6)64(58)28-32-78(60,62)8)97-72(92)46-87-44-66(83-85-87)50-14-18-56-57-19-15-51(39-69(57)89(68(56)38-50)35-34-82-74(94)99-75(3,4)5)67-45-88(86-84-67)47-73(93)98-55-27-31-77(7)53(41-55)17-21-59-63-25-23-61(79(63,9)33-29-65(59)77)49(2)13-11-37-96-71(91)43-81/h14-15,18-19,38-39,44-45,48-49,52-55,58-65H,10-13,16-17,20-37,40-43,46-47H2,1-9H3,(H,82,94)/t48-,49-,52-,53-,54-,55-,58+,59+,60?,61?,62+,63+,64?,65?,76?,77?,78?,79?/m1/s1. The molecule has 8 saturated carbocycles. The lowest BCUT2D eigenvalue weighted by atomic mass is 9.44. The van der Waals surface area contributed by atoms with Gasteiger partial charge in [-0.05, 0) is 267 Å². The first-order valence-electron chi connectivity index (χ1n) is 38.0. The predicted molar refractivity (Wildman–Crippen MR) is 388 cm³/mol. The molecule has 3 heterocycles. The molecule has 99 heavy (non-hydrogen) atoms. The Hall–Kier alpha value is -5.37. The number of ether oxygens (including phenoxy) is 5. The zero-order valence-corrected chi connectivity index (χ0v) is 63.6. The Balaban J connectivity index is 0.622. The molecule has 13 rings (SSSR count). The molecule has 5 aromatic rings. The lowest BCUT2D eigenvalue weighted by Crippen LogP contribution is -2.54. The van der Waals surface area contributed by atoms with Gasteiger partial charge in [-0.3, -0.25) is 19.2 Å². The number of fused-ring (bicyclic) bond motifs is 13. The summed E-state index contributed by atoms with van der Waals surface area (Å²) in [6.45, 7) is 22.5. The van der Waals surface area contributed by atoms with Crippen molar-refractivity contribution in [2.75, 3.05) is 30.4 Å². The molecule has 3 aromatic heterocycles. The van der Waals surface area contributed by atoms with E-state index in [2.05, 4.69) is 128 Å². The van der Waals surface area contributed by atoms with E-state index < -0.39 is 11.7 Å². The van der Waals surface area contributed by atoms with Crippen LogP contribution in [0.1, 0.15) is 204 Å². The van der Waals surface area contributed by atoms with E-state index in [4.69, 9.17) is 23.7 Å². The molecular weight excluding hydrogens is 1380 g/mol. The summed E-state index contributed by atoms with van der Waals surface area (Å²) >= 11 is 6.41. The minimum Gasteiger partial charge on any atom is -0.465 e. The molecule has 0 saturated heterocycles. The summed E-state index contributed by atoms with van der Waals surface area (Å²) in [5.41, 5.74) is 5.38. The highest BCUT2D eigenvalue weighted by Gasteiger charge is 2.63. The number of amides is 1. The maximum Gasteiger partial charge on any atom is 0.407 e. The van der Waals surface area contributed by atoms with Gasteiger partial charge in [-0.1, -0.05) is 108 Å². The number of nitrogens with one attached hydrogen (secondary N) is 1. The second-order valence-electron chi connectivity index (χ2n) is 34.1. The largest absolute Gasteiger partial charge is 0.465 e. The van der Waals surface area contributed by atoms with Crippen LogP contribution in [0.3, 0.4) is 0 Å². The second-order valence-corrected chi connectivity index (χ2v) is 35.3. The SMILES string of the molecule is C[C@H](CCCOC(=O)CBr)C1CC[C@H]2[C@@H]3CC[C@@H]4C[C@H](OC(=O)Cn5cc(-c6ccc7c8ccc(-c9cn(CC(=O)O[C@@H]%10CCC%11(C)C%12CCC%13(C)C([C@H](C)CCCOC(=O)CBr)CC[C@H]%13[C@@H]%12CC[C@@H]%11C%10)nn9)cc8n(CCNC(=O)OC(C)(C)C)c7c6)nn5)CCC4(C)C3CCC12C. The summed E-state index contributed by atoms with van der Waals surface area (Å²) in [7, 11) is 0. The molecule has 20 heteroatoms. The molecule has 18 atom stereocenters. The molecule has 540 valence electrons. The minimum absolute atomic E-state index is 0.0299. The summed E-state index contributed by atoms with van der Waals surface area (Å²) in [6.07, 6.45) is 28.2. The van der Waals surface area contributed by atoms with Gasteiger partial charge in [-0.2, -0.15) is 0 Å². The second kappa shape index (κ2) is 29.4. The van der Waals surface area contributed by atoms with Gasteiger partial charge in [0.05, 0.1) is 25.6 Å². The van der Waals surface area contributed by atoms with E-state index in [-0.39, 0.29) is 70.7 Å². The van der Waals surface area contributed by atoms with Gasteiger partial charge in [0.1, 0.15) is 52.9 Å². The topological polar surface area (TPSA) is 210 Å². The van der Waals surface area contributed by atoms with E-state index in [1.54, 1.807) is 9.36 Å². The van der Waals surface area contributed by atoms with Crippen molar-refractivity contribution in [3.63, 3.8) is 0 Å². The third kappa shape index (κ3) is 14.7. The van der Waals surface area contributed by atoms with Crippen LogP contribution in [0.2, 0.25) is 0 Å². The van der Waals surface area contributed by atoms with Crippen molar-refractivity contribution >= 4 is 83.6 Å². The Bertz CT molecular complexity index is 3530. The number of esters is 4. The molecule has 0 radical (unpaired) electrons. The Labute approximate surface area is 603 Å². The number of alkyl halides is 2. The van der Waals surface area contributed by atoms with Crippen molar-refractivity contribution < 1.29 is 47.7 Å². The molecule has 2 aromatic carbocycles. The first-order chi connectivity index (χ1) is 47.4. The van der Waals surface area contributed by atoms with Crippen LogP contribution in [0.15, 0.2) is 48.8 Å². The Morgan fingerprint density at radius 1 is 0.566 bits per heavy atom. The summed E-state index contributed by atoms with van der Waals surface area (Å²) in [5, 5.41) is 23.5. The lowest BCUT2D eigenvalue weighted by molar-refractivity contribution is -0.164. The van der Waals surface area contributed by atoms with Gasteiger partial charge in [0, 0.05) is 46.0 Å². The number of carbonyl (C=O) groups is 5. The van der Waals surface area contributed by atoms with E-state index in [0.717, 1.165) is 133 Å². The number of carbonyl (C=O) groups excluding carboxylic acids is 5. The minimum atomic E-state index is -0.652. The van der Waals surface area contributed by atoms with Gasteiger partial charge in [0.25, 0.3) is 0 Å². The Kier molecular flexibility index (Phi) is 21.4. The number of nitrogens with zero attached hydrogens (tertiary/aromatic N) is 7. The van der Waals surface area contributed by atoms with E-state index in [0.29, 0.717) is 84.0 Å². The number of aromatic nitrogens is 7. The molecule has 18 nitrogen and oxygen atoms in total. The molecule has 8 fully saturated rings. The fourth-order valence-corrected chi connectivity index (χ4v) is 23.6. The van der Waals surface area contributed by atoms with E-state index in [9.17, 15) is 24.0 Å². The summed E-state index contributed by atoms with van der Waals surface area (Å²) in [4.78, 5) is 64.0. The van der Waals surface area contributed by atoms with Gasteiger partial charge in [-0.25, -0.2) is 14.2 Å². The summed E-state index contributed by atoms with van der Waals surface area (Å²) in [5.74, 6) is 7.30. The van der Waals surface area contributed by atoms with Gasteiger partial charge in [-0.15, -0.1) is 10.2 Å². The first-order valence-corrected chi connectivity index (χ1v) is 40.3. The summed E-state index contributed by atoms with van der Waals surface area (Å²) < 4.78 is 34.4. The van der Waals surface area contributed by atoms with Crippen LogP contribution in [0, 0.1) is 92.7 Å². The molecule has 1 N–H and O–H groups in total. The first kappa shape index (κ1) is 72.0. The number of hydrogen-bond donors (Lipinski definition) is 1. The van der Waals surface area contributed by atoms with Gasteiger partial charge >= 0.3 is 30.0 Å². The van der Waals surface area contributed by atoms with Crippen molar-refractivity contribution in [1.82, 2.24) is 39.9 Å². The third-order valence-corrected chi connectivity index (χ3v) is 28.7. The molecular formula is C79H110Br2N8O10. The van der Waals surface area contributed by atoms with Crippen molar-refractivity contribution in [1.29, 1.82) is 0 Å². The number of rotatable bonds is 23. The van der Waals surface area contributed by atoms with Crippen molar-refractivity contribution in [3.8, 4) is 22.5 Å². The Morgan fingerprint density at radius 2 is 1.00 bits per heavy atom. The Morgan fingerprint density at radius 3 is 1.43 bits per heavy atom. The molecule has 0 aliphatic heterocycles. The molecule has 8 aliphatic rings. The predicted octanol–water partition coefficient (Wildman–Crippen LogP) is 16.7. The smallest absolute Gasteiger partial charge is 0.407 e. The highest BCUT2D eigenvalue weighted by molar-refractivity contribution is 9.09.